The Morgan fingerprint density at radius 3 is 2.78 bits per heavy atom. The molecule has 0 radical (unpaired) electrons. The Balaban J connectivity index is 1.92. The van der Waals surface area contributed by atoms with Gasteiger partial charge in [-0.25, -0.2) is 0 Å². The molecule has 0 aromatic carbocycles. The Bertz CT molecular complexity index is 459. The van der Waals surface area contributed by atoms with Crippen molar-refractivity contribution in [2.45, 2.75) is 69.4 Å². The summed E-state index contributed by atoms with van der Waals surface area (Å²) >= 11 is 0. The smallest absolute Gasteiger partial charge is 0.309 e. The largest absolute Gasteiger partial charge is 0.453 e. The first-order chi connectivity index (χ1) is 8.28. The number of rotatable bonds is 0. The third-order valence-electron chi connectivity index (χ3n) is 5.89. The minimum Gasteiger partial charge on any atom is -0.453 e. The van der Waals surface area contributed by atoms with E-state index in [1.165, 1.54) is 0 Å². The molecule has 18 heavy (non-hydrogen) atoms. The van der Waals surface area contributed by atoms with Crippen LogP contribution in [0.3, 0.4) is 0 Å². The maximum Gasteiger partial charge on any atom is 0.309 e. The lowest BCUT2D eigenvalue weighted by Gasteiger charge is -2.49. The van der Waals surface area contributed by atoms with Gasteiger partial charge in [-0.3, -0.25) is 4.79 Å². The Hall–Kier alpha value is -0.610. The Morgan fingerprint density at radius 2 is 2.11 bits per heavy atom. The second-order valence-corrected chi connectivity index (χ2v) is 7.41. The van der Waals surface area contributed by atoms with Crippen LogP contribution in [0.5, 0.6) is 0 Å². The highest BCUT2D eigenvalue weighted by Crippen LogP contribution is 2.75. The molecular weight excluding hydrogens is 232 g/mol. The van der Waals surface area contributed by atoms with Crippen molar-refractivity contribution < 1.29 is 19.4 Å². The molecule has 2 spiro atoms. The molecule has 1 N–H and O–H groups in total. The van der Waals surface area contributed by atoms with E-state index in [9.17, 15) is 9.90 Å². The van der Waals surface area contributed by atoms with E-state index in [4.69, 9.17) is 9.47 Å². The predicted octanol–water partition coefficient (Wildman–Crippen LogP) is 1.40. The average molecular weight is 252 g/mol. The number of hydrogen-bond acceptors (Lipinski definition) is 4. The van der Waals surface area contributed by atoms with Gasteiger partial charge in [0.25, 0.3) is 0 Å². The van der Waals surface area contributed by atoms with Gasteiger partial charge >= 0.3 is 5.97 Å². The van der Waals surface area contributed by atoms with Gasteiger partial charge in [-0.1, -0.05) is 20.8 Å². The van der Waals surface area contributed by atoms with Crippen LogP contribution in [0.2, 0.25) is 0 Å². The fourth-order valence-corrected chi connectivity index (χ4v) is 5.16. The van der Waals surface area contributed by atoms with E-state index in [0.717, 1.165) is 12.8 Å². The van der Waals surface area contributed by atoms with Gasteiger partial charge in [-0.05, 0) is 24.2 Å². The van der Waals surface area contributed by atoms with Gasteiger partial charge in [0.1, 0.15) is 11.2 Å². The molecule has 0 unspecified atom stereocenters. The number of aliphatic hydroxyl groups is 1. The van der Waals surface area contributed by atoms with Crippen molar-refractivity contribution in [2.24, 2.45) is 11.3 Å². The molecule has 2 aliphatic heterocycles. The van der Waals surface area contributed by atoms with Crippen molar-refractivity contribution in [1.82, 2.24) is 0 Å². The minimum absolute atomic E-state index is 0.0306. The number of carbonyl (C=O) groups is 1. The van der Waals surface area contributed by atoms with E-state index in [1.54, 1.807) is 0 Å². The second kappa shape index (κ2) is 2.63. The summed E-state index contributed by atoms with van der Waals surface area (Å²) < 4.78 is 11.8. The first-order valence-corrected chi connectivity index (χ1v) is 6.90. The molecule has 0 aromatic rings. The zero-order valence-corrected chi connectivity index (χ0v) is 11.2. The lowest BCUT2D eigenvalue weighted by Crippen LogP contribution is -2.64. The molecule has 100 valence electrons. The summed E-state index contributed by atoms with van der Waals surface area (Å²) in [6.07, 6.45) is 2.53. The molecule has 4 heteroatoms. The van der Waals surface area contributed by atoms with E-state index in [1.807, 2.05) is 0 Å². The van der Waals surface area contributed by atoms with Crippen LogP contribution in [-0.4, -0.2) is 34.0 Å². The monoisotopic (exact) mass is 252 g/mol. The number of esters is 1. The molecule has 4 rings (SSSR count). The zero-order valence-electron chi connectivity index (χ0n) is 11.2. The van der Waals surface area contributed by atoms with Crippen LogP contribution >= 0.6 is 0 Å². The Labute approximate surface area is 107 Å². The topological polar surface area (TPSA) is 59.1 Å². The third kappa shape index (κ3) is 0.874. The van der Waals surface area contributed by atoms with Crippen molar-refractivity contribution in [3.05, 3.63) is 0 Å². The van der Waals surface area contributed by atoms with Gasteiger partial charge in [0.2, 0.25) is 0 Å². The molecule has 2 saturated carbocycles. The SMILES string of the molecule is C[C@H]1CC[C@@]2(O)CC(=O)O[C@]23CC(C)(C)[C@H]2O[C@]213. The van der Waals surface area contributed by atoms with Crippen molar-refractivity contribution in [1.29, 1.82) is 0 Å². The van der Waals surface area contributed by atoms with E-state index in [2.05, 4.69) is 20.8 Å². The normalized spacial score (nSPS) is 59.7. The molecule has 0 aromatic heterocycles. The van der Waals surface area contributed by atoms with Crippen LogP contribution in [0.15, 0.2) is 0 Å². The summed E-state index contributed by atoms with van der Waals surface area (Å²) in [7, 11) is 0. The van der Waals surface area contributed by atoms with Crippen molar-refractivity contribution in [3.8, 4) is 0 Å². The van der Waals surface area contributed by atoms with E-state index < -0.39 is 16.8 Å². The van der Waals surface area contributed by atoms with Crippen molar-refractivity contribution in [3.63, 3.8) is 0 Å². The summed E-state index contributed by atoms with van der Waals surface area (Å²) in [5, 5.41) is 11.0. The molecule has 4 nitrogen and oxygen atoms in total. The summed E-state index contributed by atoms with van der Waals surface area (Å²) in [5.41, 5.74) is -2.26. The average Bonchev–Trinajstić information content (AvgIpc) is 2.89. The summed E-state index contributed by atoms with van der Waals surface area (Å²) in [4.78, 5) is 11.8. The van der Waals surface area contributed by atoms with E-state index in [0.29, 0.717) is 12.3 Å². The number of ether oxygens (including phenoxy) is 2. The predicted molar refractivity (Wildman–Crippen MR) is 62.8 cm³/mol. The van der Waals surface area contributed by atoms with Gasteiger partial charge in [0.15, 0.2) is 5.60 Å². The highest BCUT2D eigenvalue weighted by atomic mass is 16.7. The van der Waals surface area contributed by atoms with Crippen LogP contribution in [0.4, 0.5) is 0 Å². The molecule has 2 saturated heterocycles. The fourth-order valence-electron chi connectivity index (χ4n) is 5.16. The van der Waals surface area contributed by atoms with Gasteiger partial charge in [-0.15, -0.1) is 0 Å². The number of hydrogen-bond donors (Lipinski definition) is 1. The summed E-state index contributed by atoms with van der Waals surface area (Å²) in [6, 6.07) is 0. The van der Waals surface area contributed by atoms with E-state index >= 15 is 0 Å². The van der Waals surface area contributed by atoms with Crippen molar-refractivity contribution in [2.75, 3.05) is 0 Å². The summed E-state index contributed by atoms with van der Waals surface area (Å²) in [5.74, 6) is 0.0772. The minimum atomic E-state index is -1.01. The van der Waals surface area contributed by atoms with Crippen LogP contribution in [0.1, 0.15) is 46.5 Å². The molecule has 0 amide bonds. The van der Waals surface area contributed by atoms with Crippen LogP contribution in [0.25, 0.3) is 0 Å². The molecule has 2 heterocycles. The lowest BCUT2D eigenvalue weighted by atomic mass is 9.62. The maximum atomic E-state index is 11.8. The number of carbonyl (C=O) groups excluding carboxylic acids is 1. The maximum absolute atomic E-state index is 11.8. The van der Waals surface area contributed by atoms with Gasteiger partial charge in [-0.2, -0.15) is 0 Å². The third-order valence-corrected chi connectivity index (χ3v) is 5.89. The molecular formula is C14H20O4. The first-order valence-electron chi connectivity index (χ1n) is 6.90. The first kappa shape index (κ1) is 11.2. The quantitative estimate of drug-likeness (QED) is 0.523. The number of epoxide rings is 1. The lowest BCUT2D eigenvalue weighted by molar-refractivity contribution is -0.206. The molecule has 2 aliphatic carbocycles. The van der Waals surface area contributed by atoms with Gasteiger partial charge in [0, 0.05) is 6.42 Å². The highest BCUT2D eigenvalue weighted by Gasteiger charge is 2.89. The highest BCUT2D eigenvalue weighted by molar-refractivity contribution is 5.76. The van der Waals surface area contributed by atoms with Crippen LogP contribution in [-0.2, 0) is 14.3 Å². The van der Waals surface area contributed by atoms with Crippen LogP contribution < -0.4 is 0 Å². The van der Waals surface area contributed by atoms with Gasteiger partial charge < -0.3 is 14.6 Å². The molecule has 5 atom stereocenters. The molecule has 0 bridgehead atoms. The Morgan fingerprint density at radius 1 is 1.39 bits per heavy atom. The molecule has 4 aliphatic rings. The van der Waals surface area contributed by atoms with E-state index in [-0.39, 0.29) is 23.9 Å². The molecule has 4 fully saturated rings. The second-order valence-electron chi connectivity index (χ2n) is 7.41. The van der Waals surface area contributed by atoms with Gasteiger partial charge in [0.05, 0.1) is 12.5 Å². The standard InChI is InChI=1S/C14H20O4/c1-8-4-5-12(16)6-9(15)17-13(12)7-11(2,3)10-14(8,13)18-10/h8,10,16H,4-7H2,1-3H3/t8-,10+,12+,13+,14-/m0/s1. The van der Waals surface area contributed by atoms with Crippen molar-refractivity contribution >= 4 is 5.97 Å². The zero-order chi connectivity index (χ0) is 13.0. The fraction of sp³-hybridized carbons (Fsp3) is 0.929. The Kier molecular flexibility index (Phi) is 1.64. The van der Waals surface area contributed by atoms with Crippen LogP contribution in [0, 0.1) is 11.3 Å². The summed E-state index contributed by atoms with van der Waals surface area (Å²) in [6.45, 7) is 6.46.